The summed E-state index contributed by atoms with van der Waals surface area (Å²) in [6.07, 6.45) is 1.75. The summed E-state index contributed by atoms with van der Waals surface area (Å²) in [6, 6.07) is 5.80. The van der Waals surface area contributed by atoms with Crippen LogP contribution in [0.3, 0.4) is 0 Å². The summed E-state index contributed by atoms with van der Waals surface area (Å²) in [5.41, 5.74) is 8.14. The lowest BCUT2D eigenvalue weighted by Crippen LogP contribution is -2.24. The van der Waals surface area contributed by atoms with Gasteiger partial charge in [0, 0.05) is 6.04 Å². The minimum atomic E-state index is 0.137. The van der Waals surface area contributed by atoms with Gasteiger partial charge in [-0.15, -0.1) is 0 Å². The summed E-state index contributed by atoms with van der Waals surface area (Å²) in [5.74, 6) is 0.965. The molecule has 1 rings (SSSR count). The van der Waals surface area contributed by atoms with Gasteiger partial charge < -0.3 is 10.8 Å². The summed E-state index contributed by atoms with van der Waals surface area (Å²) in [6.45, 7) is 6.35. The number of rotatable bonds is 4. The van der Waals surface area contributed by atoms with Gasteiger partial charge in [-0.1, -0.05) is 31.5 Å². The minimum absolute atomic E-state index is 0.137. The number of phenolic OH excluding ortho intramolecular Hbond substituents is 1. The highest BCUT2D eigenvalue weighted by Gasteiger charge is 2.09. The third-order valence-corrected chi connectivity index (χ3v) is 2.49. The highest BCUT2D eigenvalue weighted by molar-refractivity contribution is 5.36. The number of hydrogen-bond donors (Lipinski definition) is 2. The number of hydrogen-bond acceptors (Lipinski definition) is 2. The van der Waals surface area contributed by atoms with Crippen LogP contribution in [0.25, 0.3) is 0 Å². The SMILES string of the molecule is Cc1ccc(O)c(CC(N)CC(C)C)c1. The van der Waals surface area contributed by atoms with Gasteiger partial charge in [-0.25, -0.2) is 0 Å². The van der Waals surface area contributed by atoms with Crippen molar-refractivity contribution < 1.29 is 5.11 Å². The smallest absolute Gasteiger partial charge is 0.118 e. The van der Waals surface area contributed by atoms with E-state index in [4.69, 9.17) is 5.73 Å². The zero-order valence-corrected chi connectivity index (χ0v) is 9.83. The molecule has 1 aromatic carbocycles. The Bertz CT molecular complexity index is 320. The standard InChI is InChI=1S/C13H21NO/c1-9(2)6-12(14)8-11-7-10(3)4-5-13(11)15/h4-5,7,9,12,15H,6,8,14H2,1-3H3. The molecule has 0 aromatic heterocycles. The maximum atomic E-state index is 9.66. The van der Waals surface area contributed by atoms with Crippen LogP contribution in [0.15, 0.2) is 18.2 Å². The molecular weight excluding hydrogens is 186 g/mol. The first-order valence-corrected chi connectivity index (χ1v) is 5.53. The topological polar surface area (TPSA) is 46.2 Å². The fraction of sp³-hybridized carbons (Fsp3) is 0.538. The number of aryl methyl sites for hydroxylation is 1. The molecule has 0 saturated heterocycles. The van der Waals surface area contributed by atoms with Crippen molar-refractivity contribution >= 4 is 0 Å². The Labute approximate surface area is 92.1 Å². The van der Waals surface area contributed by atoms with E-state index in [-0.39, 0.29) is 6.04 Å². The predicted molar refractivity (Wildman–Crippen MR) is 64.0 cm³/mol. The Morgan fingerprint density at radius 2 is 2.00 bits per heavy atom. The van der Waals surface area contributed by atoms with Crippen LogP contribution in [0.1, 0.15) is 31.4 Å². The summed E-state index contributed by atoms with van der Waals surface area (Å²) in [5, 5.41) is 9.66. The Morgan fingerprint density at radius 3 is 2.60 bits per heavy atom. The first-order chi connectivity index (χ1) is 6.99. The van der Waals surface area contributed by atoms with Gasteiger partial charge in [-0.3, -0.25) is 0 Å². The molecular formula is C13H21NO. The summed E-state index contributed by atoms with van der Waals surface area (Å²) >= 11 is 0. The second-order valence-electron chi connectivity index (χ2n) is 4.73. The Morgan fingerprint density at radius 1 is 1.33 bits per heavy atom. The van der Waals surface area contributed by atoms with Crippen molar-refractivity contribution in [2.24, 2.45) is 11.7 Å². The van der Waals surface area contributed by atoms with Gasteiger partial charge in [0.05, 0.1) is 0 Å². The van der Waals surface area contributed by atoms with E-state index >= 15 is 0 Å². The van der Waals surface area contributed by atoms with Gasteiger partial charge in [0.25, 0.3) is 0 Å². The molecule has 0 aliphatic heterocycles. The van der Waals surface area contributed by atoms with E-state index in [1.165, 1.54) is 5.56 Å². The van der Waals surface area contributed by atoms with Gasteiger partial charge in [-0.2, -0.15) is 0 Å². The number of nitrogens with two attached hydrogens (primary N) is 1. The van der Waals surface area contributed by atoms with E-state index in [0.717, 1.165) is 18.4 Å². The molecule has 1 atom stereocenters. The van der Waals surface area contributed by atoms with Crippen molar-refractivity contribution in [1.82, 2.24) is 0 Å². The minimum Gasteiger partial charge on any atom is -0.508 e. The van der Waals surface area contributed by atoms with Gasteiger partial charge in [0.1, 0.15) is 5.75 Å². The monoisotopic (exact) mass is 207 g/mol. The second kappa shape index (κ2) is 5.17. The molecule has 2 heteroatoms. The highest BCUT2D eigenvalue weighted by atomic mass is 16.3. The molecule has 0 saturated carbocycles. The molecule has 0 spiro atoms. The summed E-state index contributed by atoms with van der Waals surface area (Å²) < 4.78 is 0. The first kappa shape index (κ1) is 12.1. The van der Waals surface area contributed by atoms with Crippen molar-refractivity contribution in [2.45, 2.75) is 39.7 Å². The van der Waals surface area contributed by atoms with Gasteiger partial charge in [-0.05, 0) is 37.3 Å². The molecule has 0 bridgehead atoms. The summed E-state index contributed by atoms with van der Waals surface area (Å²) in [4.78, 5) is 0. The van der Waals surface area contributed by atoms with Crippen LogP contribution in [0, 0.1) is 12.8 Å². The molecule has 3 N–H and O–H groups in total. The fourth-order valence-corrected chi connectivity index (χ4v) is 1.85. The average Bonchev–Trinajstić information content (AvgIpc) is 2.10. The van der Waals surface area contributed by atoms with Crippen molar-refractivity contribution in [2.75, 3.05) is 0 Å². The molecule has 1 aromatic rings. The van der Waals surface area contributed by atoms with Crippen LogP contribution in [-0.2, 0) is 6.42 Å². The highest BCUT2D eigenvalue weighted by Crippen LogP contribution is 2.20. The van der Waals surface area contributed by atoms with Crippen molar-refractivity contribution in [1.29, 1.82) is 0 Å². The lowest BCUT2D eigenvalue weighted by Gasteiger charge is -2.15. The van der Waals surface area contributed by atoms with E-state index in [0.29, 0.717) is 11.7 Å². The Balaban J connectivity index is 2.67. The van der Waals surface area contributed by atoms with E-state index in [2.05, 4.69) is 13.8 Å². The molecule has 0 aliphatic carbocycles. The van der Waals surface area contributed by atoms with Crippen molar-refractivity contribution in [3.05, 3.63) is 29.3 Å². The number of phenols is 1. The third kappa shape index (κ3) is 3.92. The largest absolute Gasteiger partial charge is 0.508 e. The molecule has 0 fully saturated rings. The zero-order valence-electron chi connectivity index (χ0n) is 9.83. The predicted octanol–water partition coefficient (Wildman–Crippen LogP) is 2.62. The zero-order chi connectivity index (χ0) is 11.4. The van der Waals surface area contributed by atoms with Crippen LogP contribution in [-0.4, -0.2) is 11.1 Å². The van der Waals surface area contributed by atoms with E-state index in [1.54, 1.807) is 6.07 Å². The van der Waals surface area contributed by atoms with Gasteiger partial charge in [0.15, 0.2) is 0 Å². The first-order valence-electron chi connectivity index (χ1n) is 5.53. The third-order valence-electron chi connectivity index (χ3n) is 2.49. The number of aromatic hydroxyl groups is 1. The van der Waals surface area contributed by atoms with Gasteiger partial charge in [0.2, 0.25) is 0 Å². The van der Waals surface area contributed by atoms with Crippen molar-refractivity contribution in [3.8, 4) is 5.75 Å². The normalized spacial score (nSPS) is 13.1. The molecule has 15 heavy (non-hydrogen) atoms. The molecule has 84 valence electrons. The lowest BCUT2D eigenvalue weighted by molar-refractivity contribution is 0.452. The quantitative estimate of drug-likeness (QED) is 0.797. The number of benzene rings is 1. The average molecular weight is 207 g/mol. The van der Waals surface area contributed by atoms with Crippen LogP contribution < -0.4 is 5.73 Å². The second-order valence-corrected chi connectivity index (χ2v) is 4.73. The Kier molecular flexibility index (Phi) is 4.15. The summed E-state index contributed by atoms with van der Waals surface area (Å²) in [7, 11) is 0. The maximum Gasteiger partial charge on any atom is 0.118 e. The van der Waals surface area contributed by atoms with Crippen LogP contribution in [0.2, 0.25) is 0 Å². The Hall–Kier alpha value is -1.02. The van der Waals surface area contributed by atoms with Crippen LogP contribution >= 0.6 is 0 Å². The molecule has 2 nitrogen and oxygen atoms in total. The maximum absolute atomic E-state index is 9.66. The molecule has 1 unspecified atom stereocenters. The van der Waals surface area contributed by atoms with Crippen LogP contribution in [0.4, 0.5) is 0 Å². The molecule has 0 radical (unpaired) electrons. The van der Waals surface area contributed by atoms with E-state index < -0.39 is 0 Å². The van der Waals surface area contributed by atoms with Gasteiger partial charge >= 0.3 is 0 Å². The lowest BCUT2D eigenvalue weighted by atomic mass is 9.97. The molecule has 0 aliphatic rings. The molecule has 0 amide bonds. The van der Waals surface area contributed by atoms with Crippen molar-refractivity contribution in [3.63, 3.8) is 0 Å². The van der Waals surface area contributed by atoms with Crippen LogP contribution in [0.5, 0.6) is 5.75 Å². The fourth-order valence-electron chi connectivity index (χ4n) is 1.85. The van der Waals surface area contributed by atoms with E-state index in [9.17, 15) is 5.11 Å². The van der Waals surface area contributed by atoms with E-state index in [1.807, 2.05) is 19.1 Å². The molecule has 0 heterocycles.